The van der Waals surface area contributed by atoms with Gasteiger partial charge in [0.25, 0.3) is 6.01 Å². The Kier molecular flexibility index (Phi) is 9.61. The number of rotatable bonds is 11. The van der Waals surface area contributed by atoms with Gasteiger partial charge in [-0.3, -0.25) is 4.79 Å². The molecule has 11 heteroatoms. The highest BCUT2D eigenvalue weighted by Crippen LogP contribution is 2.28. The van der Waals surface area contributed by atoms with Crippen LogP contribution in [0.2, 0.25) is 0 Å². The highest BCUT2D eigenvalue weighted by atomic mass is 79.9. The van der Waals surface area contributed by atoms with Gasteiger partial charge in [0.1, 0.15) is 18.4 Å². The van der Waals surface area contributed by atoms with Crippen LogP contribution >= 0.6 is 15.9 Å². The minimum atomic E-state index is -0.925. The number of primary amides is 1. The van der Waals surface area contributed by atoms with E-state index >= 15 is 0 Å². The molecule has 1 heterocycles. The van der Waals surface area contributed by atoms with E-state index in [-0.39, 0.29) is 23.9 Å². The predicted molar refractivity (Wildman–Crippen MR) is 159 cm³/mol. The summed E-state index contributed by atoms with van der Waals surface area (Å²) >= 11 is 3.46. The normalized spacial score (nSPS) is 11.6. The predicted octanol–water partition coefficient (Wildman–Crippen LogP) is 4.93. The monoisotopic (exact) mass is 622 g/mol. The minimum Gasteiger partial charge on any atom is -0.497 e. The number of amides is 2. The standard InChI is InChI=1S/C30H31BrN4O6/c1-4-35(16-20-8-6-5-7-9-20)27(36)24(14-19-10-12-22(39-3)13-11-19)33-30-34-26-23(31)15-21(17-40-29(32)38)18(2)25(26)28(37)41-30/h5-13,15,24H,4,14,16-17H2,1-3H3,(H2,32,38)(H,33,34)/t24-/m0/s1. The number of hydrogen-bond acceptors (Lipinski definition) is 8. The van der Waals surface area contributed by atoms with E-state index in [1.165, 1.54) is 0 Å². The van der Waals surface area contributed by atoms with Crippen LogP contribution in [0, 0.1) is 6.92 Å². The molecule has 3 N–H and O–H groups in total. The van der Waals surface area contributed by atoms with E-state index in [1.807, 2.05) is 61.5 Å². The Morgan fingerprint density at radius 1 is 1.12 bits per heavy atom. The molecule has 214 valence electrons. The molecule has 3 aromatic carbocycles. The van der Waals surface area contributed by atoms with E-state index in [1.54, 1.807) is 25.0 Å². The molecule has 0 fully saturated rings. The van der Waals surface area contributed by atoms with Gasteiger partial charge in [-0.2, -0.15) is 4.98 Å². The third-order valence-corrected chi connectivity index (χ3v) is 7.31. The van der Waals surface area contributed by atoms with E-state index in [9.17, 15) is 14.4 Å². The molecule has 0 saturated heterocycles. The van der Waals surface area contributed by atoms with Gasteiger partial charge in [-0.15, -0.1) is 0 Å². The maximum Gasteiger partial charge on any atom is 0.404 e. The van der Waals surface area contributed by atoms with Crippen molar-refractivity contribution in [2.75, 3.05) is 19.0 Å². The number of carbonyl (C=O) groups is 2. The van der Waals surface area contributed by atoms with Gasteiger partial charge in [-0.25, -0.2) is 9.59 Å². The number of halogens is 1. The third kappa shape index (κ3) is 7.23. The molecule has 4 aromatic rings. The summed E-state index contributed by atoms with van der Waals surface area (Å²) in [5, 5.41) is 3.31. The molecule has 0 aliphatic heterocycles. The third-order valence-electron chi connectivity index (χ3n) is 6.70. The number of carbonyl (C=O) groups excluding carboxylic acids is 2. The molecule has 0 bridgehead atoms. The number of aryl methyl sites for hydroxylation is 1. The molecular formula is C30H31BrN4O6. The van der Waals surface area contributed by atoms with Crippen LogP contribution in [0.4, 0.5) is 10.8 Å². The Labute approximate surface area is 245 Å². The molecule has 0 aliphatic carbocycles. The van der Waals surface area contributed by atoms with Crippen molar-refractivity contribution in [1.82, 2.24) is 9.88 Å². The number of anilines is 1. The lowest BCUT2D eigenvalue weighted by Crippen LogP contribution is -2.44. The second-order valence-electron chi connectivity index (χ2n) is 9.37. The van der Waals surface area contributed by atoms with Crippen molar-refractivity contribution in [1.29, 1.82) is 0 Å². The number of aromatic nitrogens is 1. The van der Waals surface area contributed by atoms with Gasteiger partial charge in [0, 0.05) is 24.0 Å². The number of benzene rings is 3. The lowest BCUT2D eigenvalue weighted by Gasteiger charge is -2.27. The van der Waals surface area contributed by atoms with Crippen LogP contribution < -0.4 is 21.4 Å². The molecule has 1 aromatic heterocycles. The second kappa shape index (κ2) is 13.3. The zero-order chi connectivity index (χ0) is 29.5. The summed E-state index contributed by atoms with van der Waals surface area (Å²) in [5.41, 5.74) is 7.79. The van der Waals surface area contributed by atoms with Gasteiger partial charge in [-0.05, 0) is 70.2 Å². The second-order valence-corrected chi connectivity index (χ2v) is 10.2. The Morgan fingerprint density at radius 2 is 1.83 bits per heavy atom. The van der Waals surface area contributed by atoms with E-state index in [4.69, 9.17) is 19.6 Å². The fraction of sp³-hybridized carbons (Fsp3) is 0.267. The molecule has 0 spiro atoms. The van der Waals surface area contributed by atoms with Gasteiger partial charge in [0.2, 0.25) is 5.91 Å². The summed E-state index contributed by atoms with van der Waals surface area (Å²) in [7, 11) is 1.59. The van der Waals surface area contributed by atoms with Crippen LogP contribution in [0.3, 0.4) is 0 Å². The summed E-state index contributed by atoms with van der Waals surface area (Å²) < 4.78 is 16.2. The van der Waals surface area contributed by atoms with E-state index in [2.05, 4.69) is 26.2 Å². The number of likely N-dealkylation sites (N-methyl/N-ethyl adjacent to an activating group) is 1. The molecule has 10 nitrogen and oxygen atoms in total. The lowest BCUT2D eigenvalue weighted by atomic mass is 10.0. The van der Waals surface area contributed by atoms with Crippen molar-refractivity contribution >= 4 is 44.8 Å². The van der Waals surface area contributed by atoms with E-state index in [0.717, 1.165) is 11.1 Å². The van der Waals surface area contributed by atoms with Gasteiger partial charge in [0.15, 0.2) is 0 Å². The Hall–Kier alpha value is -4.38. The lowest BCUT2D eigenvalue weighted by molar-refractivity contribution is -0.132. The Morgan fingerprint density at radius 3 is 2.46 bits per heavy atom. The number of hydrogen-bond donors (Lipinski definition) is 2. The highest BCUT2D eigenvalue weighted by molar-refractivity contribution is 9.10. The van der Waals surface area contributed by atoms with Crippen molar-refractivity contribution < 1.29 is 23.5 Å². The summed E-state index contributed by atoms with van der Waals surface area (Å²) in [4.78, 5) is 44.4. The van der Waals surface area contributed by atoms with Gasteiger partial charge in [-0.1, -0.05) is 42.5 Å². The first-order valence-electron chi connectivity index (χ1n) is 13.0. The SMILES string of the molecule is CCN(Cc1ccccc1)C(=O)[C@H](Cc1ccc(OC)cc1)Nc1nc2c(Br)cc(COC(N)=O)c(C)c2c(=O)o1. The molecule has 0 unspecified atom stereocenters. The number of nitrogens with two attached hydrogens (primary N) is 1. The Balaban J connectivity index is 1.69. The van der Waals surface area contributed by atoms with Gasteiger partial charge >= 0.3 is 11.7 Å². The number of methoxy groups -OCH3 is 1. The van der Waals surface area contributed by atoms with Crippen molar-refractivity contribution in [2.45, 2.75) is 39.5 Å². The van der Waals surface area contributed by atoms with Crippen LogP contribution in [0.5, 0.6) is 5.75 Å². The molecule has 41 heavy (non-hydrogen) atoms. The largest absolute Gasteiger partial charge is 0.497 e. The fourth-order valence-corrected chi connectivity index (χ4v) is 5.05. The first kappa shape index (κ1) is 29.6. The Bertz CT molecular complexity index is 1590. The van der Waals surface area contributed by atoms with Crippen molar-refractivity contribution in [3.8, 4) is 5.75 Å². The maximum absolute atomic E-state index is 13.9. The number of nitrogens with zero attached hydrogens (tertiary/aromatic N) is 2. The summed E-state index contributed by atoms with van der Waals surface area (Å²) in [5.74, 6) is 0.526. The molecular weight excluding hydrogens is 592 g/mol. The van der Waals surface area contributed by atoms with Crippen LogP contribution in [-0.4, -0.2) is 41.6 Å². The van der Waals surface area contributed by atoms with Gasteiger partial charge in [0.05, 0.1) is 18.0 Å². The fourth-order valence-electron chi connectivity index (χ4n) is 4.49. The molecule has 0 aliphatic rings. The first-order chi connectivity index (χ1) is 19.7. The minimum absolute atomic E-state index is 0.0913. The average molecular weight is 624 g/mol. The first-order valence-corrected chi connectivity index (χ1v) is 13.8. The van der Waals surface area contributed by atoms with Crippen molar-refractivity contribution in [3.63, 3.8) is 0 Å². The maximum atomic E-state index is 13.9. The topological polar surface area (TPSA) is 137 Å². The molecule has 4 rings (SSSR count). The number of nitrogens with one attached hydrogen (secondary N) is 1. The smallest absolute Gasteiger partial charge is 0.404 e. The molecule has 1 atom stereocenters. The van der Waals surface area contributed by atoms with Gasteiger partial charge < -0.3 is 29.8 Å². The zero-order valence-corrected chi connectivity index (χ0v) is 24.6. The van der Waals surface area contributed by atoms with E-state index < -0.39 is 17.8 Å². The molecule has 0 saturated carbocycles. The molecule has 2 amide bonds. The quantitative estimate of drug-likeness (QED) is 0.240. The van der Waals surface area contributed by atoms with Crippen LogP contribution in [0.1, 0.15) is 29.2 Å². The van der Waals surface area contributed by atoms with Crippen molar-refractivity contribution in [2.24, 2.45) is 5.73 Å². The summed E-state index contributed by atoms with van der Waals surface area (Å²) in [6.07, 6.45) is -0.618. The average Bonchev–Trinajstić information content (AvgIpc) is 2.97. The van der Waals surface area contributed by atoms with Crippen LogP contribution in [0.15, 0.2) is 74.3 Å². The highest BCUT2D eigenvalue weighted by Gasteiger charge is 2.26. The van der Waals surface area contributed by atoms with Crippen LogP contribution in [0.25, 0.3) is 10.9 Å². The number of ether oxygens (including phenoxy) is 2. The summed E-state index contributed by atoms with van der Waals surface area (Å²) in [6, 6.07) is 18.0. The number of fused-ring (bicyclic) bond motifs is 1. The van der Waals surface area contributed by atoms with Crippen molar-refractivity contribution in [3.05, 3.63) is 97.8 Å². The molecule has 0 radical (unpaired) electrons. The zero-order valence-electron chi connectivity index (χ0n) is 23.0. The van der Waals surface area contributed by atoms with Crippen LogP contribution in [-0.2, 0) is 29.1 Å². The van der Waals surface area contributed by atoms with E-state index in [0.29, 0.717) is 46.4 Å². The summed E-state index contributed by atoms with van der Waals surface area (Å²) in [6.45, 7) is 4.41.